The van der Waals surface area contributed by atoms with Gasteiger partial charge in [-0.1, -0.05) is 12.1 Å². The van der Waals surface area contributed by atoms with E-state index in [1.165, 1.54) is 9.75 Å². The molecule has 1 amide bonds. The summed E-state index contributed by atoms with van der Waals surface area (Å²) in [6, 6.07) is 11.8. The fourth-order valence-electron chi connectivity index (χ4n) is 2.48. The molecule has 0 bridgehead atoms. The monoisotopic (exact) mass is 372 g/mol. The first-order valence-electron chi connectivity index (χ1n) is 8.05. The van der Waals surface area contributed by atoms with Gasteiger partial charge in [0, 0.05) is 16.8 Å². The molecular formula is C19H20N2O2S2. The molecule has 3 rings (SSSR count). The smallest absolute Gasteiger partial charge is 0.224 e. The van der Waals surface area contributed by atoms with E-state index in [2.05, 4.69) is 27.8 Å². The second-order valence-corrected chi connectivity index (χ2v) is 7.88. The van der Waals surface area contributed by atoms with E-state index in [9.17, 15) is 4.79 Å². The minimum atomic E-state index is 0.0279. The molecule has 0 saturated carbocycles. The van der Waals surface area contributed by atoms with Crippen molar-refractivity contribution in [3.63, 3.8) is 0 Å². The molecule has 1 N–H and O–H groups in total. The van der Waals surface area contributed by atoms with E-state index in [4.69, 9.17) is 4.74 Å². The van der Waals surface area contributed by atoms with Crippen molar-refractivity contribution in [1.82, 2.24) is 10.3 Å². The number of nitrogens with one attached hydrogen (secondary N) is 1. The lowest BCUT2D eigenvalue weighted by molar-refractivity contribution is -0.120. The molecule has 1 aromatic carbocycles. The number of ether oxygens (including phenoxy) is 1. The van der Waals surface area contributed by atoms with Crippen molar-refractivity contribution in [2.75, 3.05) is 13.7 Å². The van der Waals surface area contributed by atoms with Gasteiger partial charge in [-0.05, 0) is 43.2 Å². The Morgan fingerprint density at radius 2 is 2.16 bits per heavy atom. The summed E-state index contributed by atoms with van der Waals surface area (Å²) in [5, 5.41) is 6.15. The highest BCUT2D eigenvalue weighted by Gasteiger charge is 2.07. The molecule has 4 nitrogen and oxygen atoms in total. The zero-order valence-electron chi connectivity index (χ0n) is 14.2. The number of thiazole rings is 1. The van der Waals surface area contributed by atoms with E-state index >= 15 is 0 Å². The number of aromatic nitrogens is 1. The van der Waals surface area contributed by atoms with E-state index in [-0.39, 0.29) is 5.91 Å². The third kappa shape index (κ3) is 4.90. The van der Waals surface area contributed by atoms with E-state index in [1.54, 1.807) is 29.8 Å². The third-order valence-electron chi connectivity index (χ3n) is 3.73. The maximum atomic E-state index is 12.1. The Morgan fingerprint density at radius 3 is 2.92 bits per heavy atom. The second kappa shape index (κ2) is 8.27. The summed E-state index contributed by atoms with van der Waals surface area (Å²) < 4.78 is 5.18. The number of nitrogens with zero attached hydrogens (tertiary/aromatic N) is 1. The van der Waals surface area contributed by atoms with Gasteiger partial charge in [0.25, 0.3) is 0 Å². The van der Waals surface area contributed by atoms with Crippen molar-refractivity contribution in [2.45, 2.75) is 19.8 Å². The average molecular weight is 373 g/mol. The SMILES string of the molecule is COc1cccc(CC(=O)NCCc2ccc(-c3csc(C)n3)s2)c1. The lowest BCUT2D eigenvalue weighted by atomic mass is 10.1. The van der Waals surface area contributed by atoms with Gasteiger partial charge in [-0.25, -0.2) is 4.98 Å². The Morgan fingerprint density at radius 1 is 1.28 bits per heavy atom. The Labute approximate surface area is 155 Å². The number of aryl methyl sites for hydroxylation is 1. The van der Waals surface area contributed by atoms with Gasteiger partial charge < -0.3 is 10.1 Å². The van der Waals surface area contributed by atoms with Gasteiger partial charge in [0.2, 0.25) is 5.91 Å². The van der Waals surface area contributed by atoms with Crippen LogP contribution in [0.5, 0.6) is 5.75 Å². The van der Waals surface area contributed by atoms with Crippen LogP contribution in [-0.2, 0) is 17.6 Å². The number of carbonyl (C=O) groups excluding carboxylic acids is 1. The molecule has 0 aliphatic heterocycles. The van der Waals surface area contributed by atoms with Crippen molar-refractivity contribution in [3.8, 4) is 16.3 Å². The number of thiophene rings is 1. The summed E-state index contributed by atoms with van der Waals surface area (Å²) in [7, 11) is 1.63. The highest BCUT2D eigenvalue weighted by atomic mass is 32.1. The predicted octanol–water partition coefficient (Wildman–Crippen LogP) is 4.09. The molecule has 0 aliphatic rings. The fraction of sp³-hybridized carbons (Fsp3) is 0.263. The van der Waals surface area contributed by atoms with Gasteiger partial charge in [0.15, 0.2) is 0 Å². The van der Waals surface area contributed by atoms with E-state index in [0.717, 1.165) is 28.4 Å². The normalized spacial score (nSPS) is 10.6. The first-order valence-corrected chi connectivity index (χ1v) is 9.74. The maximum absolute atomic E-state index is 12.1. The van der Waals surface area contributed by atoms with Crippen molar-refractivity contribution in [3.05, 3.63) is 57.2 Å². The van der Waals surface area contributed by atoms with Gasteiger partial charge in [-0.3, -0.25) is 4.79 Å². The minimum Gasteiger partial charge on any atom is -0.497 e. The Kier molecular flexibility index (Phi) is 5.83. The van der Waals surface area contributed by atoms with Crippen LogP contribution in [0.15, 0.2) is 41.8 Å². The third-order valence-corrected chi connectivity index (χ3v) is 5.67. The van der Waals surface area contributed by atoms with Crippen LogP contribution in [0.2, 0.25) is 0 Å². The zero-order valence-corrected chi connectivity index (χ0v) is 15.9. The lowest BCUT2D eigenvalue weighted by Gasteiger charge is -2.06. The molecule has 0 aliphatic carbocycles. The van der Waals surface area contributed by atoms with Crippen molar-refractivity contribution >= 4 is 28.6 Å². The van der Waals surface area contributed by atoms with Crippen molar-refractivity contribution < 1.29 is 9.53 Å². The molecule has 6 heteroatoms. The highest BCUT2D eigenvalue weighted by Crippen LogP contribution is 2.29. The number of rotatable bonds is 7. The molecule has 0 atom stereocenters. The summed E-state index contributed by atoms with van der Waals surface area (Å²) in [4.78, 5) is 19.0. The number of methoxy groups -OCH3 is 1. The second-order valence-electron chi connectivity index (χ2n) is 5.65. The predicted molar refractivity (Wildman–Crippen MR) is 104 cm³/mol. The van der Waals surface area contributed by atoms with E-state index < -0.39 is 0 Å². The Bertz CT molecular complexity index is 854. The summed E-state index contributed by atoms with van der Waals surface area (Å²) >= 11 is 3.40. The van der Waals surface area contributed by atoms with Crippen LogP contribution >= 0.6 is 22.7 Å². The van der Waals surface area contributed by atoms with Gasteiger partial charge in [0.05, 0.1) is 29.1 Å². The molecule has 0 fully saturated rings. The minimum absolute atomic E-state index is 0.0279. The van der Waals surface area contributed by atoms with Crippen LogP contribution in [0.25, 0.3) is 10.6 Å². The molecule has 2 aromatic heterocycles. The molecule has 0 unspecified atom stereocenters. The quantitative estimate of drug-likeness (QED) is 0.680. The fourth-order valence-corrected chi connectivity index (χ4v) is 4.14. The highest BCUT2D eigenvalue weighted by molar-refractivity contribution is 7.16. The van der Waals surface area contributed by atoms with Crippen LogP contribution in [0.3, 0.4) is 0 Å². The number of carbonyl (C=O) groups is 1. The summed E-state index contributed by atoms with van der Waals surface area (Å²) in [5.74, 6) is 0.800. The molecule has 0 radical (unpaired) electrons. The molecule has 0 saturated heterocycles. The zero-order chi connectivity index (χ0) is 17.6. The van der Waals surface area contributed by atoms with Gasteiger partial charge >= 0.3 is 0 Å². The summed E-state index contributed by atoms with van der Waals surface area (Å²) in [6.07, 6.45) is 1.20. The number of amides is 1. The Hall–Kier alpha value is -2.18. The van der Waals surface area contributed by atoms with E-state index in [0.29, 0.717) is 13.0 Å². The first kappa shape index (κ1) is 17.6. The number of hydrogen-bond donors (Lipinski definition) is 1. The number of hydrogen-bond acceptors (Lipinski definition) is 5. The van der Waals surface area contributed by atoms with Crippen LogP contribution in [0, 0.1) is 6.92 Å². The van der Waals surface area contributed by atoms with Gasteiger partial charge in [-0.2, -0.15) is 0 Å². The molecule has 25 heavy (non-hydrogen) atoms. The molecule has 2 heterocycles. The largest absolute Gasteiger partial charge is 0.497 e. The van der Waals surface area contributed by atoms with Crippen molar-refractivity contribution in [2.24, 2.45) is 0 Å². The van der Waals surface area contributed by atoms with Crippen LogP contribution in [0.1, 0.15) is 15.4 Å². The lowest BCUT2D eigenvalue weighted by Crippen LogP contribution is -2.27. The van der Waals surface area contributed by atoms with Gasteiger partial charge in [0.1, 0.15) is 5.75 Å². The molecular weight excluding hydrogens is 352 g/mol. The topological polar surface area (TPSA) is 51.2 Å². The molecule has 3 aromatic rings. The summed E-state index contributed by atoms with van der Waals surface area (Å²) in [6.45, 7) is 2.65. The molecule has 0 spiro atoms. The van der Waals surface area contributed by atoms with Crippen LogP contribution in [0.4, 0.5) is 0 Å². The van der Waals surface area contributed by atoms with Crippen LogP contribution < -0.4 is 10.1 Å². The van der Waals surface area contributed by atoms with Crippen molar-refractivity contribution in [1.29, 1.82) is 0 Å². The first-order chi connectivity index (χ1) is 12.1. The standard InChI is InChI=1S/C19H20N2O2S2/c1-13-21-17(12-24-13)18-7-6-16(25-18)8-9-20-19(22)11-14-4-3-5-15(10-14)23-2/h3-7,10,12H,8-9,11H2,1-2H3,(H,20,22). The maximum Gasteiger partial charge on any atom is 0.224 e. The van der Waals surface area contributed by atoms with Crippen LogP contribution in [-0.4, -0.2) is 24.5 Å². The average Bonchev–Trinajstić information content (AvgIpc) is 3.24. The van der Waals surface area contributed by atoms with E-state index in [1.807, 2.05) is 31.2 Å². The Balaban J connectivity index is 1.47. The summed E-state index contributed by atoms with van der Waals surface area (Å²) in [5.41, 5.74) is 2.00. The van der Waals surface area contributed by atoms with Gasteiger partial charge in [-0.15, -0.1) is 22.7 Å². The number of benzene rings is 1. The molecule has 130 valence electrons.